The zero-order chi connectivity index (χ0) is 16.4. The lowest BCUT2D eigenvalue weighted by molar-refractivity contribution is -0.135. The van der Waals surface area contributed by atoms with Gasteiger partial charge in [0.1, 0.15) is 5.82 Å². The number of piperidine rings is 1. The average molecular weight is 317 g/mol. The minimum Gasteiger partial charge on any atom is -0.420 e. The molecule has 23 heavy (non-hydrogen) atoms. The number of likely N-dealkylation sites (tertiary alicyclic amines) is 1. The molecular weight excluding hydrogens is 297 g/mol. The summed E-state index contributed by atoms with van der Waals surface area (Å²) in [6.45, 7) is 5.21. The molecule has 0 aliphatic carbocycles. The second-order valence-electron chi connectivity index (χ2n) is 6.23. The number of nitrogens with zero attached hydrogens (tertiary/aromatic N) is 3. The fourth-order valence-electron chi connectivity index (χ4n) is 2.85. The largest absolute Gasteiger partial charge is 0.420 e. The molecule has 0 bridgehead atoms. The molecule has 0 N–H and O–H groups in total. The van der Waals surface area contributed by atoms with Crippen molar-refractivity contribution in [2.45, 2.75) is 32.6 Å². The van der Waals surface area contributed by atoms with Crippen molar-refractivity contribution in [1.29, 1.82) is 0 Å². The van der Waals surface area contributed by atoms with Gasteiger partial charge in [0, 0.05) is 24.6 Å². The first-order valence-electron chi connectivity index (χ1n) is 7.92. The lowest BCUT2D eigenvalue weighted by Gasteiger charge is -2.32. The number of carbonyl (C=O) groups is 1. The standard InChI is InChI=1S/C17H20FN3O2/c1-11(2)17(22)21-9-3-4-13(10-21)16-20-19-15(23-16)12-5-7-14(18)8-6-12/h5-8,11,13H,3-4,9-10H2,1-2H3. The molecule has 1 amide bonds. The molecule has 2 heterocycles. The van der Waals surface area contributed by atoms with Crippen molar-refractivity contribution in [3.05, 3.63) is 36.0 Å². The van der Waals surface area contributed by atoms with Gasteiger partial charge in [-0.3, -0.25) is 4.79 Å². The molecule has 1 saturated heterocycles. The Morgan fingerprint density at radius 1 is 1.30 bits per heavy atom. The average Bonchev–Trinajstić information content (AvgIpc) is 3.05. The summed E-state index contributed by atoms with van der Waals surface area (Å²) in [5.41, 5.74) is 0.691. The third-order valence-electron chi connectivity index (χ3n) is 4.11. The van der Waals surface area contributed by atoms with Crippen LogP contribution >= 0.6 is 0 Å². The summed E-state index contributed by atoms with van der Waals surface area (Å²) in [6.07, 6.45) is 1.85. The van der Waals surface area contributed by atoms with Gasteiger partial charge in [-0.1, -0.05) is 13.8 Å². The van der Waals surface area contributed by atoms with Crippen LogP contribution in [0.5, 0.6) is 0 Å². The number of amides is 1. The molecule has 2 aromatic rings. The number of rotatable bonds is 3. The molecule has 0 radical (unpaired) electrons. The summed E-state index contributed by atoms with van der Waals surface area (Å²) in [5, 5.41) is 8.18. The number of carbonyl (C=O) groups excluding carboxylic acids is 1. The van der Waals surface area contributed by atoms with Crippen molar-refractivity contribution < 1.29 is 13.6 Å². The Bertz CT molecular complexity index is 681. The maximum atomic E-state index is 13.0. The van der Waals surface area contributed by atoms with E-state index in [1.807, 2.05) is 18.7 Å². The van der Waals surface area contributed by atoms with E-state index in [1.54, 1.807) is 12.1 Å². The molecule has 0 spiro atoms. The molecule has 1 atom stereocenters. The Balaban J connectivity index is 1.74. The molecule has 1 aliphatic heterocycles. The predicted molar refractivity (Wildman–Crippen MR) is 83.1 cm³/mol. The van der Waals surface area contributed by atoms with E-state index < -0.39 is 0 Å². The lowest BCUT2D eigenvalue weighted by Crippen LogP contribution is -2.41. The van der Waals surface area contributed by atoms with Gasteiger partial charge in [-0.15, -0.1) is 10.2 Å². The van der Waals surface area contributed by atoms with E-state index in [2.05, 4.69) is 10.2 Å². The van der Waals surface area contributed by atoms with Crippen LogP contribution in [0.3, 0.4) is 0 Å². The molecule has 1 aliphatic rings. The number of hydrogen-bond acceptors (Lipinski definition) is 4. The second-order valence-corrected chi connectivity index (χ2v) is 6.23. The molecule has 1 aromatic carbocycles. The van der Waals surface area contributed by atoms with Crippen LogP contribution in [0.2, 0.25) is 0 Å². The molecular formula is C17H20FN3O2. The summed E-state index contributed by atoms with van der Waals surface area (Å²) in [7, 11) is 0. The first-order valence-corrected chi connectivity index (χ1v) is 7.92. The van der Waals surface area contributed by atoms with Gasteiger partial charge in [0.15, 0.2) is 0 Å². The number of benzene rings is 1. The van der Waals surface area contributed by atoms with Crippen LogP contribution in [0, 0.1) is 11.7 Å². The van der Waals surface area contributed by atoms with Crippen molar-refractivity contribution >= 4 is 5.91 Å². The van der Waals surface area contributed by atoms with Gasteiger partial charge in [0.2, 0.25) is 17.7 Å². The molecule has 5 nitrogen and oxygen atoms in total. The third kappa shape index (κ3) is 3.41. The van der Waals surface area contributed by atoms with Crippen molar-refractivity contribution in [3.63, 3.8) is 0 Å². The number of hydrogen-bond donors (Lipinski definition) is 0. The van der Waals surface area contributed by atoms with Crippen LogP contribution in [-0.4, -0.2) is 34.1 Å². The van der Waals surface area contributed by atoms with Crippen molar-refractivity contribution in [2.24, 2.45) is 5.92 Å². The third-order valence-corrected chi connectivity index (χ3v) is 4.11. The van der Waals surface area contributed by atoms with Crippen LogP contribution in [-0.2, 0) is 4.79 Å². The summed E-state index contributed by atoms with van der Waals surface area (Å²) in [4.78, 5) is 14.0. The molecule has 122 valence electrons. The van der Waals surface area contributed by atoms with Gasteiger partial charge < -0.3 is 9.32 Å². The Hall–Kier alpha value is -2.24. The summed E-state index contributed by atoms with van der Waals surface area (Å²) in [6, 6.07) is 5.95. The zero-order valence-corrected chi connectivity index (χ0v) is 13.3. The van der Waals surface area contributed by atoms with Crippen molar-refractivity contribution in [3.8, 4) is 11.5 Å². The smallest absolute Gasteiger partial charge is 0.247 e. The summed E-state index contributed by atoms with van der Waals surface area (Å²) >= 11 is 0. The van der Waals surface area contributed by atoms with Crippen molar-refractivity contribution in [1.82, 2.24) is 15.1 Å². The van der Waals surface area contributed by atoms with Crippen molar-refractivity contribution in [2.75, 3.05) is 13.1 Å². The number of aromatic nitrogens is 2. The Morgan fingerprint density at radius 3 is 2.74 bits per heavy atom. The van der Waals surface area contributed by atoms with E-state index in [-0.39, 0.29) is 23.6 Å². The zero-order valence-electron chi connectivity index (χ0n) is 13.3. The lowest BCUT2D eigenvalue weighted by atomic mass is 9.97. The normalized spacial score (nSPS) is 18.4. The predicted octanol–water partition coefficient (Wildman–Crippen LogP) is 3.24. The van der Waals surface area contributed by atoms with Gasteiger partial charge in [-0.25, -0.2) is 4.39 Å². The van der Waals surface area contributed by atoms with Crippen LogP contribution in [0.1, 0.15) is 38.5 Å². The minimum absolute atomic E-state index is 0.00814. The summed E-state index contributed by atoms with van der Waals surface area (Å²) in [5.74, 6) is 0.842. The number of halogens is 1. The quantitative estimate of drug-likeness (QED) is 0.872. The van der Waals surface area contributed by atoms with Crippen LogP contribution in [0.25, 0.3) is 11.5 Å². The topological polar surface area (TPSA) is 59.2 Å². The first-order chi connectivity index (χ1) is 11.0. The molecule has 1 fully saturated rings. The fraction of sp³-hybridized carbons (Fsp3) is 0.471. The van der Waals surface area contributed by atoms with E-state index in [0.717, 1.165) is 19.4 Å². The van der Waals surface area contributed by atoms with Gasteiger partial charge in [0.05, 0.1) is 5.92 Å². The van der Waals surface area contributed by atoms with Gasteiger partial charge in [0.25, 0.3) is 0 Å². The highest BCUT2D eigenvalue weighted by molar-refractivity contribution is 5.78. The Labute approximate surface area is 134 Å². The molecule has 0 saturated carbocycles. The Morgan fingerprint density at radius 2 is 2.04 bits per heavy atom. The van der Waals surface area contributed by atoms with Gasteiger partial charge in [-0.2, -0.15) is 0 Å². The van der Waals surface area contributed by atoms with Crippen LogP contribution in [0.15, 0.2) is 28.7 Å². The van der Waals surface area contributed by atoms with Gasteiger partial charge in [-0.05, 0) is 37.1 Å². The van der Waals surface area contributed by atoms with E-state index in [0.29, 0.717) is 23.9 Å². The van der Waals surface area contributed by atoms with Crippen LogP contribution < -0.4 is 0 Å². The maximum Gasteiger partial charge on any atom is 0.247 e. The highest BCUT2D eigenvalue weighted by Crippen LogP contribution is 2.29. The van der Waals surface area contributed by atoms with E-state index in [1.165, 1.54) is 12.1 Å². The molecule has 1 unspecified atom stereocenters. The summed E-state index contributed by atoms with van der Waals surface area (Å²) < 4.78 is 18.7. The fourth-order valence-corrected chi connectivity index (χ4v) is 2.85. The highest BCUT2D eigenvalue weighted by Gasteiger charge is 2.29. The first kappa shape index (κ1) is 15.6. The maximum absolute atomic E-state index is 13.0. The van der Waals surface area contributed by atoms with Gasteiger partial charge >= 0.3 is 0 Å². The van der Waals surface area contributed by atoms with E-state index >= 15 is 0 Å². The van der Waals surface area contributed by atoms with E-state index in [9.17, 15) is 9.18 Å². The SMILES string of the molecule is CC(C)C(=O)N1CCCC(c2nnc(-c3ccc(F)cc3)o2)C1. The minimum atomic E-state index is -0.302. The highest BCUT2D eigenvalue weighted by atomic mass is 19.1. The second kappa shape index (κ2) is 6.48. The monoisotopic (exact) mass is 317 g/mol. The van der Waals surface area contributed by atoms with Crippen LogP contribution in [0.4, 0.5) is 4.39 Å². The molecule has 6 heteroatoms. The van der Waals surface area contributed by atoms with E-state index in [4.69, 9.17) is 4.42 Å². The molecule has 1 aromatic heterocycles. The molecule has 3 rings (SSSR count). The Kier molecular flexibility index (Phi) is 4.41.